The normalized spacial score (nSPS) is 20.1. The van der Waals surface area contributed by atoms with E-state index in [-0.39, 0.29) is 17.4 Å². The van der Waals surface area contributed by atoms with E-state index in [1.165, 1.54) is 4.90 Å². The Morgan fingerprint density at radius 1 is 1.11 bits per heavy atom. The maximum atomic E-state index is 13.3. The molecule has 0 saturated carbocycles. The fourth-order valence-corrected chi connectivity index (χ4v) is 4.94. The minimum absolute atomic E-state index is 0.0440. The van der Waals surface area contributed by atoms with Crippen molar-refractivity contribution in [3.8, 4) is 17.2 Å². The molecule has 1 N–H and O–H groups in total. The first-order valence-corrected chi connectivity index (χ1v) is 13.1. The van der Waals surface area contributed by atoms with E-state index in [9.17, 15) is 14.7 Å². The zero-order chi connectivity index (χ0) is 27.4. The number of benzene rings is 2. The second-order valence-electron chi connectivity index (χ2n) is 10.2. The third-order valence-corrected chi connectivity index (χ3v) is 6.91. The number of ether oxygens (including phenoxy) is 4. The maximum Gasteiger partial charge on any atom is 0.295 e. The quantitative estimate of drug-likeness (QED) is 0.194. The summed E-state index contributed by atoms with van der Waals surface area (Å²) in [5, 5.41) is 11.4. The van der Waals surface area contributed by atoms with Gasteiger partial charge in [-0.1, -0.05) is 19.9 Å². The number of rotatable bonds is 11. The van der Waals surface area contributed by atoms with Crippen LogP contribution in [0.4, 0.5) is 0 Å². The lowest BCUT2D eigenvalue weighted by molar-refractivity contribution is -0.140. The number of nitrogens with zero attached hydrogens (tertiary/aromatic N) is 1. The highest BCUT2D eigenvalue weighted by atomic mass is 16.5. The van der Waals surface area contributed by atoms with Gasteiger partial charge < -0.3 is 29.0 Å². The van der Waals surface area contributed by atoms with E-state index in [1.807, 2.05) is 19.1 Å². The van der Waals surface area contributed by atoms with Crippen LogP contribution in [0.3, 0.4) is 0 Å². The van der Waals surface area contributed by atoms with Gasteiger partial charge in [0.15, 0.2) is 11.5 Å². The molecule has 0 aromatic heterocycles. The fourth-order valence-electron chi connectivity index (χ4n) is 4.94. The number of carbonyl (C=O) groups excluding carboxylic acids is 2. The molecule has 0 aliphatic carbocycles. The molecule has 1 amide bonds. The van der Waals surface area contributed by atoms with E-state index >= 15 is 0 Å². The molecule has 2 aromatic rings. The van der Waals surface area contributed by atoms with Gasteiger partial charge in [-0.15, -0.1) is 0 Å². The number of methoxy groups -OCH3 is 2. The first-order chi connectivity index (χ1) is 18.2. The molecule has 2 aromatic carbocycles. The first-order valence-electron chi connectivity index (χ1n) is 13.1. The highest BCUT2D eigenvalue weighted by Gasteiger charge is 2.46. The lowest BCUT2D eigenvalue weighted by Gasteiger charge is -2.26. The van der Waals surface area contributed by atoms with Crippen molar-refractivity contribution in [3.63, 3.8) is 0 Å². The highest BCUT2D eigenvalue weighted by Crippen LogP contribution is 2.43. The van der Waals surface area contributed by atoms with Gasteiger partial charge >= 0.3 is 0 Å². The second-order valence-corrected chi connectivity index (χ2v) is 10.2. The Bertz CT molecular complexity index is 1220. The third kappa shape index (κ3) is 5.65. The van der Waals surface area contributed by atoms with Gasteiger partial charge in [0, 0.05) is 32.2 Å². The van der Waals surface area contributed by atoms with Gasteiger partial charge in [-0.3, -0.25) is 9.59 Å². The predicted molar refractivity (Wildman–Crippen MR) is 144 cm³/mol. The summed E-state index contributed by atoms with van der Waals surface area (Å²) in [6.07, 6.45) is 2.19. The molecule has 2 aliphatic heterocycles. The second kappa shape index (κ2) is 11.9. The van der Waals surface area contributed by atoms with Crippen LogP contribution in [0.1, 0.15) is 56.3 Å². The summed E-state index contributed by atoms with van der Waals surface area (Å²) < 4.78 is 22.5. The average molecular weight is 524 g/mol. The Kier molecular flexibility index (Phi) is 8.62. The van der Waals surface area contributed by atoms with Crippen molar-refractivity contribution in [2.75, 3.05) is 34.0 Å². The van der Waals surface area contributed by atoms with Crippen molar-refractivity contribution < 1.29 is 33.6 Å². The summed E-state index contributed by atoms with van der Waals surface area (Å²) in [6, 6.07) is 9.94. The molecule has 2 unspecified atom stereocenters. The van der Waals surface area contributed by atoms with Crippen molar-refractivity contribution >= 4 is 17.4 Å². The molecule has 1 saturated heterocycles. The van der Waals surface area contributed by atoms with Gasteiger partial charge in [-0.05, 0) is 67.1 Å². The van der Waals surface area contributed by atoms with Crippen LogP contribution in [-0.2, 0) is 20.7 Å². The highest BCUT2D eigenvalue weighted by molar-refractivity contribution is 6.46. The fraction of sp³-hybridized carbons (Fsp3) is 0.467. The van der Waals surface area contributed by atoms with Crippen molar-refractivity contribution in [1.29, 1.82) is 0 Å². The first kappa shape index (κ1) is 27.5. The molecule has 0 spiro atoms. The molecule has 2 atom stereocenters. The van der Waals surface area contributed by atoms with Gasteiger partial charge in [0.2, 0.25) is 0 Å². The SMILES string of the molecule is COCCCN1C(=O)C(=O)C(=C(O)c2ccc3c(c2)CC(C)O3)C1c1ccc(OCCC(C)C)c(OC)c1. The van der Waals surface area contributed by atoms with Crippen LogP contribution in [-0.4, -0.2) is 61.8 Å². The average Bonchev–Trinajstić information content (AvgIpc) is 3.39. The van der Waals surface area contributed by atoms with E-state index in [1.54, 1.807) is 38.5 Å². The Morgan fingerprint density at radius 3 is 2.61 bits per heavy atom. The molecule has 38 heavy (non-hydrogen) atoms. The number of aliphatic hydroxyl groups excluding tert-OH is 1. The predicted octanol–water partition coefficient (Wildman–Crippen LogP) is 4.90. The number of Topliss-reactive ketones (excluding diaryl/α,β-unsaturated/α-hetero) is 1. The van der Waals surface area contributed by atoms with Crippen LogP contribution in [0.5, 0.6) is 17.2 Å². The van der Waals surface area contributed by atoms with Gasteiger partial charge in [0.1, 0.15) is 17.6 Å². The monoisotopic (exact) mass is 523 g/mol. The van der Waals surface area contributed by atoms with Crippen molar-refractivity contribution in [2.45, 2.75) is 52.2 Å². The summed E-state index contributed by atoms with van der Waals surface area (Å²) in [7, 11) is 3.14. The summed E-state index contributed by atoms with van der Waals surface area (Å²) in [4.78, 5) is 28.0. The summed E-state index contributed by atoms with van der Waals surface area (Å²) in [6.45, 7) is 7.52. The molecular formula is C30H37NO7. The summed E-state index contributed by atoms with van der Waals surface area (Å²) in [5.74, 6) is 0.775. The smallest absolute Gasteiger partial charge is 0.295 e. The number of hydrogen-bond acceptors (Lipinski definition) is 7. The minimum atomic E-state index is -0.783. The Hall–Kier alpha value is -3.52. The third-order valence-electron chi connectivity index (χ3n) is 6.91. The molecule has 0 bridgehead atoms. The lowest BCUT2D eigenvalue weighted by Crippen LogP contribution is -2.31. The molecule has 2 heterocycles. The molecule has 8 nitrogen and oxygen atoms in total. The van der Waals surface area contributed by atoms with Crippen LogP contribution in [0, 0.1) is 5.92 Å². The van der Waals surface area contributed by atoms with Gasteiger partial charge in [-0.25, -0.2) is 0 Å². The standard InChI is InChI=1S/C30H37NO7/c1-18(2)11-14-37-24-10-7-20(17-25(24)36-5)27-26(29(33)30(34)31(27)12-6-13-35-4)28(32)21-8-9-23-22(16-21)15-19(3)38-23/h7-10,16-19,27,32H,6,11-15H2,1-5H3. The molecule has 4 rings (SSSR count). The molecule has 8 heteroatoms. The van der Waals surface area contributed by atoms with Crippen LogP contribution in [0.25, 0.3) is 5.76 Å². The van der Waals surface area contributed by atoms with Crippen LogP contribution >= 0.6 is 0 Å². The number of amides is 1. The van der Waals surface area contributed by atoms with Crippen molar-refractivity contribution in [1.82, 2.24) is 4.90 Å². The zero-order valence-electron chi connectivity index (χ0n) is 22.8. The number of ketones is 1. The summed E-state index contributed by atoms with van der Waals surface area (Å²) in [5.41, 5.74) is 2.13. The van der Waals surface area contributed by atoms with Gasteiger partial charge in [-0.2, -0.15) is 0 Å². The van der Waals surface area contributed by atoms with Crippen molar-refractivity contribution in [2.24, 2.45) is 5.92 Å². The Morgan fingerprint density at radius 2 is 1.89 bits per heavy atom. The van der Waals surface area contributed by atoms with Gasteiger partial charge in [0.05, 0.1) is 25.3 Å². The van der Waals surface area contributed by atoms with E-state index in [2.05, 4.69) is 13.8 Å². The number of aliphatic hydroxyl groups is 1. The molecule has 1 fully saturated rings. The Labute approximate surface area is 224 Å². The molecular weight excluding hydrogens is 486 g/mol. The van der Waals surface area contributed by atoms with E-state index in [0.717, 1.165) is 17.7 Å². The number of carbonyl (C=O) groups is 2. The largest absolute Gasteiger partial charge is 0.507 e. The number of likely N-dealkylation sites (tertiary alicyclic amines) is 1. The topological polar surface area (TPSA) is 94.5 Å². The summed E-state index contributed by atoms with van der Waals surface area (Å²) >= 11 is 0. The van der Waals surface area contributed by atoms with Crippen molar-refractivity contribution in [3.05, 3.63) is 58.7 Å². The number of fused-ring (bicyclic) bond motifs is 1. The van der Waals surface area contributed by atoms with Crippen LogP contribution in [0.2, 0.25) is 0 Å². The van der Waals surface area contributed by atoms with Crippen LogP contribution < -0.4 is 14.2 Å². The molecule has 2 aliphatic rings. The van der Waals surface area contributed by atoms with Gasteiger partial charge in [0.25, 0.3) is 11.7 Å². The maximum absolute atomic E-state index is 13.3. The van der Waals surface area contributed by atoms with E-state index in [4.69, 9.17) is 18.9 Å². The minimum Gasteiger partial charge on any atom is -0.507 e. The molecule has 204 valence electrons. The molecule has 0 radical (unpaired) electrons. The van der Waals surface area contributed by atoms with Crippen LogP contribution in [0.15, 0.2) is 42.0 Å². The number of hydrogen-bond donors (Lipinski definition) is 1. The Balaban J connectivity index is 1.76. The zero-order valence-corrected chi connectivity index (χ0v) is 22.8. The lowest BCUT2D eigenvalue weighted by atomic mass is 9.94. The van der Waals surface area contributed by atoms with E-state index in [0.29, 0.717) is 61.1 Å². The van der Waals surface area contributed by atoms with E-state index < -0.39 is 17.7 Å².